The van der Waals surface area contributed by atoms with Crippen molar-refractivity contribution >= 4 is 40.7 Å². The van der Waals surface area contributed by atoms with E-state index >= 15 is 0 Å². The number of ether oxygens (including phenoxy) is 2. The van der Waals surface area contributed by atoms with E-state index in [4.69, 9.17) is 15.2 Å². The third-order valence-corrected chi connectivity index (χ3v) is 4.64. The molecule has 1 aromatic heterocycles. The Hall–Kier alpha value is -2.36. The van der Waals surface area contributed by atoms with Crippen molar-refractivity contribution in [3.05, 3.63) is 23.6 Å². The predicted octanol–water partition coefficient (Wildman–Crippen LogP) is 2.29. The second kappa shape index (κ2) is 10.8. The summed E-state index contributed by atoms with van der Waals surface area (Å²) < 4.78 is 10.6. The summed E-state index contributed by atoms with van der Waals surface area (Å²) in [5, 5.41) is 7.41. The van der Waals surface area contributed by atoms with E-state index in [1.807, 2.05) is 19.9 Å². The van der Waals surface area contributed by atoms with E-state index in [0.29, 0.717) is 22.3 Å². The number of carbonyl (C=O) groups excluding carboxylic acids is 2. The Morgan fingerprint density at radius 3 is 2.57 bits per heavy atom. The molecule has 0 aliphatic rings. The van der Waals surface area contributed by atoms with Gasteiger partial charge in [-0.15, -0.1) is 23.7 Å². The molecule has 0 fully saturated rings. The van der Waals surface area contributed by atoms with Crippen LogP contribution in [0.4, 0.5) is 5.13 Å². The lowest BCUT2D eigenvalue weighted by molar-refractivity contribution is -0.125. The summed E-state index contributed by atoms with van der Waals surface area (Å²) in [6, 6.07) is 4.75. The number of amides is 2. The Morgan fingerprint density at radius 1 is 1.25 bits per heavy atom. The van der Waals surface area contributed by atoms with Crippen LogP contribution in [-0.4, -0.2) is 43.6 Å². The molecule has 0 saturated heterocycles. The van der Waals surface area contributed by atoms with Gasteiger partial charge in [0.1, 0.15) is 11.5 Å². The summed E-state index contributed by atoms with van der Waals surface area (Å²) >= 11 is 1.27. The number of hydrogen-bond donors (Lipinski definition) is 3. The van der Waals surface area contributed by atoms with Gasteiger partial charge in [-0.2, -0.15) is 0 Å². The van der Waals surface area contributed by atoms with E-state index in [0.717, 1.165) is 5.56 Å². The van der Waals surface area contributed by atoms with Gasteiger partial charge in [0.05, 0.1) is 32.5 Å². The fourth-order valence-corrected chi connectivity index (χ4v) is 2.95. The average molecular weight is 429 g/mol. The van der Waals surface area contributed by atoms with Crippen molar-refractivity contribution in [1.29, 1.82) is 0 Å². The summed E-state index contributed by atoms with van der Waals surface area (Å²) in [7, 11) is 3.16. The maximum Gasteiger partial charge on any atom is 0.245 e. The van der Waals surface area contributed by atoms with Crippen molar-refractivity contribution in [2.24, 2.45) is 11.7 Å². The standard InChI is InChI=1S/C18H24N4O4S.ClH/c1-10(2)16(19)17(24)20-8-15(23)22-18-21-13(9-27-18)12-7-11(25-3)5-6-14(12)26-4;/h5-7,9-10,16H,8,19H2,1-4H3,(H,20,24)(H,21,22,23);1H/t16-;/m0./s1. The first-order chi connectivity index (χ1) is 12.8. The van der Waals surface area contributed by atoms with Gasteiger partial charge in [0.15, 0.2) is 5.13 Å². The fourth-order valence-electron chi connectivity index (χ4n) is 2.22. The third-order valence-electron chi connectivity index (χ3n) is 3.88. The molecule has 154 valence electrons. The average Bonchev–Trinajstić information content (AvgIpc) is 3.12. The highest BCUT2D eigenvalue weighted by atomic mass is 35.5. The maximum absolute atomic E-state index is 12.0. The number of hydrogen-bond acceptors (Lipinski definition) is 7. The molecule has 0 saturated carbocycles. The number of thiazole rings is 1. The van der Waals surface area contributed by atoms with E-state index in [1.54, 1.807) is 31.7 Å². The molecule has 0 unspecified atom stereocenters. The van der Waals surface area contributed by atoms with Crippen LogP contribution in [0.25, 0.3) is 11.3 Å². The summed E-state index contributed by atoms with van der Waals surface area (Å²) in [4.78, 5) is 28.2. The van der Waals surface area contributed by atoms with Crippen LogP contribution in [0.15, 0.2) is 23.6 Å². The summed E-state index contributed by atoms with van der Waals surface area (Å²) in [5.74, 6) is 0.578. The maximum atomic E-state index is 12.0. The number of benzene rings is 1. The van der Waals surface area contributed by atoms with Crippen molar-refractivity contribution in [2.75, 3.05) is 26.1 Å². The molecule has 1 atom stereocenters. The fraction of sp³-hybridized carbons (Fsp3) is 0.389. The minimum Gasteiger partial charge on any atom is -0.497 e. The van der Waals surface area contributed by atoms with Crippen LogP contribution in [0.1, 0.15) is 13.8 Å². The molecule has 2 rings (SSSR count). The van der Waals surface area contributed by atoms with Crippen molar-refractivity contribution in [2.45, 2.75) is 19.9 Å². The Labute approximate surface area is 174 Å². The van der Waals surface area contributed by atoms with Crippen LogP contribution in [0.2, 0.25) is 0 Å². The van der Waals surface area contributed by atoms with Gasteiger partial charge in [0, 0.05) is 10.9 Å². The van der Waals surface area contributed by atoms with Gasteiger partial charge in [-0.25, -0.2) is 4.98 Å². The molecule has 0 bridgehead atoms. The summed E-state index contributed by atoms with van der Waals surface area (Å²) in [6.07, 6.45) is 0. The molecule has 0 spiro atoms. The number of nitrogens with one attached hydrogen (secondary N) is 2. The smallest absolute Gasteiger partial charge is 0.245 e. The SMILES string of the molecule is COc1ccc(OC)c(-c2csc(NC(=O)CNC(=O)[C@@H](N)C(C)C)n2)c1.Cl. The van der Waals surface area contributed by atoms with Gasteiger partial charge in [-0.1, -0.05) is 13.8 Å². The zero-order valence-electron chi connectivity index (χ0n) is 16.1. The lowest BCUT2D eigenvalue weighted by atomic mass is 10.1. The van der Waals surface area contributed by atoms with Crippen molar-refractivity contribution in [1.82, 2.24) is 10.3 Å². The Balaban J connectivity index is 0.00000392. The number of nitrogens with two attached hydrogens (primary N) is 1. The highest BCUT2D eigenvalue weighted by Gasteiger charge is 2.18. The van der Waals surface area contributed by atoms with Gasteiger partial charge in [0.25, 0.3) is 0 Å². The van der Waals surface area contributed by atoms with E-state index < -0.39 is 6.04 Å². The zero-order chi connectivity index (χ0) is 20.0. The Kier molecular flexibility index (Phi) is 9.17. The molecule has 0 radical (unpaired) electrons. The van der Waals surface area contributed by atoms with Gasteiger partial charge in [-0.3, -0.25) is 9.59 Å². The molecular weight excluding hydrogens is 404 g/mol. The zero-order valence-corrected chi connectivity index (χ0v) is 17.8. The summed E-state index contributed by atoms with van der Waals surface area (Å²) in [5.41, 5.74) is 7.15. The molecule has 1 aromatic carbocycles. The Bertz CT molecular complexity index is 813. The predicted molar refractivity (Wildman–Crippen MR) is 112 cm³/mol. The monoisotopic (exact) mass is 428 g/mol. The molecule has 0 aliphatic carbocycles. The lowest BCUT2D eigenvalue weighted by Crippen LogP contribution is -2.46. The highest BCUT2D eigenvalue weighted by Crippen LogP contribution is 2.34. The van der Waals surface area contributed by atoms with Crippen LogP contribution >= 0.6 is 23.7 Å². The van der Waals surface area contributed by atoms with E-state index in [9.17, 15) is 9.59 Å². The molecule has 1 heterocycles. The second-order valence-corrected chi connectivity index (χ2v) is 7.00. The molecule has 4 N–H and O–H groups in total. The topological polar surface area (TPSA) is 116 Å². The molecule has 28 heavy (non-hydrogen) atoms. The number of halogens is 1. The van der Waals surface area contributed by atoms with Crippen molar-refractivity contribution in [3.8, 4) is 22.8 Å². The van der Waals surface area contributed by atoms with Crippen LogP contribution < -0.4 is 25.8 Å². The number of rotatable bonds is 8. The normalized spacial score (nSPS) is 11.4. The van der Waals surface area contributed by atoms with Crippen LogP contribution in [0.3, 0.4) is 0 Å². The Morgan fingerprint density at radius 2 is 1.96 bits per heavy atom. The molecule has 0 aliphatic heterocycles. The van der Waals surface area contributed by atoms with Gasteiger partial charge in [-0.05, 0) is 24.1 Å². The van der Waals surface area contributed by atoms with E-state index in [1.165, 1.54) is 11.3 Å². The van der Waals surface area contributed by atoms with Gasteiger partial charge in [0.2, 0.25) is 11.8 Å². The number of carbonyl (C=O) groups is 2. The van der Waals surface area contributed by atoms with Crippen LogP contribution in [0.5, 0.6) is 11.5 Å². The van der Waals surface area contributed by atoms with Crippen LogP contribution in [-0.2, 0) is 9.59 Å². The molecule has 10 heteroatoms. The number of aromatic nitrogens is 1. The van der Waals surface area contributed by atoms with Crippen molar-refractivity contribution in [3.63, 3.8) is 0 Å². The number of anilines is 1. The first-order valence-corrected chi connectivity index (χ1v) is 9.24. The van der Waals surface area contributed by atoms with Crippen LogP contribution in [0, 0.1) is 5.92 Å². The van der Waals surface area contributed by atoms with E-state index in [2.05, 4.69) is 15.6 Å². The lowest BCUT2D eigenvalue weighted by Gasteiger charge is -2.14. The third kappa shape index (κ3) is 6.08. The summed E-state index contributed by atoms with van der Waals surface area (Å²) in [6.45, 7) is 3.51. The minimum atomic E-state index is -0.648. The number of methoxy groups -OCH3 is 2. The van der Waals surface area contributed by atoms with E-state index in [-0.39, 0.29) is 36.7 Å². The quantitative estimate of drug-likeness (QED) is 0.594. The van der Waals surface area contributed by atoms with Gasteiger partial charge >= 0.3 is 0 Å². The van der Waals surface area contributed by atoms with Crippen molar-refractivity contribution < 1.29 is 19.1 Å². The molecular formula is C18H25ClN4O4S. The highest BCUT2D eigenvalue weighted by molar-refractivity contribution is 7.14. The second-order valence-electron chi connectivity index (χ2n) is 6.14. The number of nitrogens with zero attached hydrogens (tertiary/aromatic N) is 1. The van der Waals surface area contributed by atoms with Gasteiger partial charge < -0.3 is 25.8 Å². The molecule has 8 nitrogen and oxygen atoms in total. The molecule has 2 amide bonds. The first kappa shape index (κ1) is 23.7. The largest absolute Gasteiger partial charge is 0.497 e. The molecule has 2 aromatic rings. The first-order valence-electron chi connectivity index (χ1n) is 8.36. The minimum absolute atomic E-state index is 0.